The zero-order valence-corrected chi connectivity index (χ0v) is 17.7. The van der Waals surface area contributed by atoms with Crippen molar-refractivity contribution in [1.82, 2.24) is 5.32 Å². The third kappa shape index (κ3) is 7.24. The highest BCUT2D eigenvalue weighted by Crippen LogP contribution is 2.35. The van der Waals surface area contributed by atoms with Crippen molar-refractivity contribution in [2.24, 2.45) is 5.73 Å². The molecule has 1 rings (SSSR count). The van der Waals surface area contributed by atoms with Gasteiger partial charge in [-0.3, -0.25) is 4.79 Å². The van der Waals surface area contributed by atoms with Gasteiger partial charge < -0.3 is 20.5 Å². The van der Waals surface area contributed by atoms with Crippen LogP contribution in [0.25, 0.3) is 5.57 Å². The summed E-state index contributed by atoms with van der Waals surface area (Å²) in [5.74, 6) is -0.727. The number of rotatable bonds is 10. The van der Waals surface area contributed by atoms with Crippen LogP contribution in [-0.2, 0) is 0 Å². The first-order valence-electron chi connectivity index (χ1n) is 9.23. The second-order valence-electron chi connectivity index (χ2n) is 6.54. The van der Waals surface area contributed by atoms with Crippen molar-refractivity contribution in [3.63, 3.8) is 0 Å². The predicted octanol–water partition coefficient (Wildman–Crippen LogP) is 4.98. The number of alkyl halides is 2. The summed E-state index contributed by atoms with van der Waals surface area (Å²) >= 11 is 0. The predicted molar refractivity (Wildman–Crippen MR) is 117 cm³/mol. The number of benzene rings is 1. The van der Waals surface area contributed by atoms with Crippen LogP contribution in [0.4, 0.5) is 8.78 Å². The molecule has 0 saturated carbocycles. The number of carbonyl (C=O) groups excluding carboxylic acids is 1. The molecule has 162 valence electrons. The van der Waals surface area contributed by atoms with Gasteiger partial charge in [0.15, 0.2) is 0 Å². The average molecular weight is 418 g/mol. The molecule has 1 amide bonds. The van der Waals surface area contributed by atoms with Crippen molar-refractivity contribution in [2.45, 2.75) is 27.4 Å². The van der Waals surface area contributed by atoms with Crippen LogP contribution < -0.4 is 20.5 Å². The third-order valence-electron chi connectivity index (χ3n) is 3.83. The average Bonchev–Trinajstić information content (AvgIpc) is 2.65. The summed E-state index contributed by atoms with van der Waals surface area (Å²) < 4.78 is 36.0. The summed E-state index contributed by atoms with van der Waals surface area (Å²) in [7, 11) is 1.36. The first-order chi connectivity index (χ1) is 14.1. The molecule has 0 aromatic heterocycles. The molecule has 0 fully saturated rings. The summed E-state index contributed by atoms with van der Waals surface area (Å²) in [4.78, 5) is 12.4. The molecule has 7 heteroatoms. The van der Waals surface area contributed by atoms with E-state index in [0.717, 1.165) is 5.57 Å². The Bertz CT molecular complexity index is 896. The highest BCUT2D eigenvalue weighted by Gasteiger charge is 2.22. The van der Waals surface area contributed by atoms with Gasteiger partial charge in [-0.2, -0.15) is 8.78 Å². The van der Waals surface area contributed by atoms with E-state index in [0.29, 0.717) is 29.0 Å². The molecule has 0 radical (unpaired) electrons. The summed E-state index contributed by atoms with van der Waals surface area (Å²) in [6.45, 7) is 10.1. The molecule has 0 aliphatic heterocycles. The summed E-state index contributed by atoms with van der Waals surface area (Å²) in [5, 5.41) is 2.58. The fraction of sp³-hybridized carbons (Fsp3) is 0.261. The van der Waals surface area contributed by atoms with E-state index in [1.54, 1.807) is 31.2 Å². The van der Waals surface area contributed by atoms with E-state index in [2.05, 4.69) is 23.2 Å². The Balaban J connectivity index is 3.64. The molecule has 0 spiro atoms. The van der Waals surface area contributed by atoms with Crippen LogP contribution in [0.15, 0.2) is 66.4 Å². The van der Waals surface area contributed by atoms with Crippen LogP contribution in [0.3, 0.4) is 0 Å². The van der Waals surface area contributed by atoms with E-state index in [1.807, 2.05) is 19.9 Å². The standard InChI is InChI=1S/C23H28F2N2O3/c1-7-27-22(28)21-19(29-6)12-18(13-20(21)30-23(24)25)17(11-14(2)3)10-8-9-15(4)16(5)26/h8-13,23H,4-5,7,26H2,1-3,6H3,(H,27,28)/b9-8-,17-10-. The highest BCUT2D eigenvalue weighted by atomic mass is 19.3. The Morgan fingerprint density at radius 2 is 1.90 bits per heavy atom. The highest BCUT2D eigenvalue weighted by molar-refractivity contribution is 6.00. The van der Waals surface area contributed by atoms with E-state index >= 15 is 0 Å². The maximum Gasteiger partial charge on any atom is 0.387 e. The SMILES string of the molecule is C=C(N)C(=C)/C=C\C=C(\C=C(C)C)c1cc(OC)c(C(=O)NCC)c(OC(F)F)c1. The maximum atomic E-state index is 13.0. The fourth-order valence-corrected chi connectivity index (χ4v) is 2.49. The number of amides is 1. The van der Waals surface area contributed by atoms with E-state index in [9.17, 15) is 13.6 Å². The molecular weight excluding hydrogens is 390 g/mol. The Kier molecular flexibility index (Phi) is 9.55. The zero-order valence-electron chi connectivity index (χ0n) is 17.7. The lowest BCUT2D eigenvalue weighted by atomic mass is 9.99. The van der Waals surface area contributed by atoms with Crippen molar-refractivity contribution in [3.05, 3.63) is 77.6 Å². The Labute approximate surface area is 176 Å². The second-order valence-corrected chi connectivity index (χ2v) is 6.54. The fourth-order valence-electron chi connectivity index (χ4n) is 2.49. The first kappa shape index (κ1) is 24.7. The Morgan fingerprint density at radius 3 is 2.40 bits per heavy atom. The van der Waals surface area contributed by atoms with E-state index in [-0.39, 0.29) is 17.1 Å². The van der Waals surface area contributed by atoms with Gasteiger partial charge in [0.25, 0.3) is 5.91 Å². The molecule has 3 N–H and O–H groups in total. The van der Waals surface area contributed by atoms with Gasteiger partial charge >= 0.3 is 6.61 Å². The number of nitrogens with two attached hydrogens (primary N) is 1. The molecule has 0 saturated heterocycles. The number of nitrogens with one attached hydrogen (secondary N) is 1. The number of methoxy groups -OCH3 is 1. The number of ether oxygens (including phenoxy) is 2. The molecule has 0 atom stereocenters. The van der Waals surface area contributed by atoms with Crippen molar-refractivity contribution in [2.75, 3.05) is 13.7 Å². The van der Waals surface area contributed by atoms with Crippen LogP contribution in [0.5, 0.6) is 11.5 Å². The minimum atomic E-state index is -3.10. The van der Waals surface area contributed by atoms with Gasteiger partial charge in [-0.1, -0.05) is 43.0 Å². The minimum Gasteiger partial charge on any atom is -0.496 e. The lowest BCUT2D eigenvalue weighted by molar-refractivity contribution is -0.0502. The molecular formula is C23H28F2N2O3. The molecule has 0 heterocycles. The first-order valence-corrected chi connectivity index (χ1v) is 9.23. The van der Waals surface area contributed by atoms with Crippen molar-refractivity contribution in [3.8, 4) is 11.5 Å². The summed E-state index contributed by atoms with van der Waals surface area (Å²) in [6.07, 6.45) is 7.01. The molecule has 0 unspecified atom stereocenters. The van der Waals surface area contributed by atoms with Gasteiger partial charge in [-0.25, -0.2) is 0 Å². The molecule has 30 heavy (non-hydrogen) atoms. The van der Waals surface area contributed by atoms with Crippen LogP contribution in [0, 0.1) is 0 Å². The molecule has 5 nitrogen and oxygen atoms in total. The van der Waals surface area contributed by atoms with Crippen LogP contribution in [-0.4, -0.2) is 26.2 Å². The lowest BCUT2D eigenvalue weighted by Gasteiger charge is -2.16. The number of halogens is 2. The van der Waals surface area contributed by atoms with E-state index in [4.69, 9.17) is 10.5 Å². The quantitative estimate of drug-likeness (QED) is 0.526. The van der Waals surface area contributed by atoms with Gasteiger partial charge in [-0.15, -0.1) is 0 Å². The van der Waals surface area contributed by atoms with Gasteiger partial charge in [0.1, 0.15) is 17.1 Å². The summed E-state index contributed by atoms with van der Waals surface area (Å²) in [5.41, 5.74) is 8.57. The number of allylic oxidation sites excluding steroid dienone is 6. The van der Waals surface area contributed by atoms with Gasteiger partial charge in [0.2, 0.25) is 0 Å². The smallest absolute Gasteiger partial charge is 0.387 e. The van der Waals surface area contributed by atoms with E-state index in [1.165, 1.54) is 13.2 Å². The van der Waals surface area contributed by atoms with Crippen LogP contribution in [0.1, 0.15) is 36.7 Å². The number of carbonyl (C=O) groups is 1. The summed E-state index contributed by atoms with van der Waals surface area (Å²) in [6, 6.07) is 2.98. The molecule has 0 aliphatic rings. The molecule has 0 bridgehead atoms. The van der Waals surface area contributed by atoms with Crippen molar-refractivity contribution in [1.29, 1.82) is 0 Å². The second kappa shape index (κ2) is 11.6. The van der Waals surface area contributed by atoms with Gasteiger partial charge in [-0.05, 0) is 49.6 Å². The Morgan fingerprint density at radius 1 is 1.27 bits per heavy atom. The number of hydrogen-bond acceptors (Lipinski definition) is 4. The zero-order chi connectivity index (χ0) is 22.8. The monoisotopic (exact) mass is 418 g/mol. The van der Waals surface area contributed by atoms with Crippen molar-refractivity contribution >= 4 is 11.5 Å². The van der Waals surface area contributed by atoms with Crippen molar-refractivity contribution < 1.29 is 23.0 Å². The molecule has 0 aliphatic carbocycles. The minimum absolute atomic E-state index is 0.0942. The van der Waals surface area contributed by atoms with Gasteiger partial charge in [0, 0.05) is 12.2 Å². The largest absolute Gasteiger partial charge is 0.496 e. The van der Waals surface area contributed by atoms with Crippen LogP contribution in [0.2, 0.25) is 0 Å². The molecule has 1 aromatic carbocycles. The number of hydrogen-bond donors (Lipinski definition) is 2. The topological polar surface area (TPSA) is 73.6 Å². The van der Waals surface area contributed by atoms with Gasteiger partial charge in [0.05, 0.1) is 7.11 Å². The maximum absolute atomic E-state index is 13.0. The Hall–Kier alpha value is -3.35. The molecule has 1 aromatic rings. The van der Waals surface area contributed by atoms with Crippen LogP contribution >= 0.6 is 0 Å². The van der Waals surface area contributed by atoms with E-state index < -0.39 is 12.5 Å². The normalized spacial score (nSPS) is 11.4. The third-order valence-corrected chi connectivity index (χ3v) is 3.83. The lowest BCUT2D eigenvalue weighted by Crippen LogP contribution is -2.24.